The monoisotopic (exact) mass is 565 g/mol. The number of benzene rings is 2. The van der Waals surface area contributed by atoms with Gasteiger partial charge in [-0.3, -0.25) is 14.3 Å². The highest BCUT2D eigenvalue weighted by Crippen LogP contribution is 2.31. The van der Waals surface area contributed by atoms with Crippen molar-refractivity contribution in [3.63, 3.8) is 0 Å². The number of aromatic nitrogens is 4. The molecule has 4 aromatic rings. The zero-order valence-electron chi connectivity index (χ0n) is 22.3. The van der Waals surface area contributed by atoms with E-state index in [1.807, 2.05) is 4.90 Å². The van der Waals surface area contributed by atoms with Crippen molar-refractivity contribution in [1.82, 2.24) is 24.6 Å². The number of ether oxygens (including phenoxy) is 1. The third-order valence-electron chi connectivity index (χ3n) is 7.23. The molecule has 0 atom stereocenters. The summed E-state index contributed by atoms with van der Waals surface area (Å²) < 4.78 is 22.9. The average Bonchev–Trinajstić information content (AvgIpc) is 3.17. The molecule has 5 rings (SSSR count). The Morgan fingerprint density at radius 3 is 2.60 bits per heavy atom. The summed E-state index contributed by atoms with van der Waals surface area (Å²) in [5, 5.41) is 3.42. The van der Waals surface area contributed by atoms with Crippen molar-refractivity contribution >= 4 is 29.1 Å². The number of halogens is 2. The van der Waals surface area contributed by atoms with Crippen LogP contribution < -0.4 is 26.2 Å². The number of nitrogen functional groups attached to an aromatic ring is 1. The van der Waals surface area contributed by atoms with Gasteiger partial charge in [0.25, 0.3) is 11.5 Å². The Bertz CT molecular complexity index is 1640. The van der Waals surface area contributed by atoms with Gasteiger partial charge in [0.05, 0.1) is 35.4 Å². The highest BCUT2D eigenvalue weighted by molar-refractivity contribution is 6.32. The van der Waals surface area contributed by atoms with E-state index >= 15 is 0 Å². The van der Waals surface area contributed by atoms with Crippen LogP contribution in [0, 0.1) is 12.7 Å². The second kappa shape index (κ2) is 11.0. The first-order valence-corrected chi connectivity index (χ1v) is 13.1. The Morgan fingerprint density at radius 1 is 1.18 bits per heavy atom. The number of carbonyl (C=O) groups is 1. The number of hydrogen-bond acceptors (Lipinski definition) is 7. The summed E-state index contributed by atoms with van der Waals surface area (Å²) in [4.78, 5) is 37.4. The normalized spacial score (nSPS) is 13.9. The third kappa shape index (κ3) is 4.88. The van der Waals surface area contributed by atoms with E-state index in [-0.39, 0.29) is 28.7 Å². The van der Waals surface area contributed by atoms with Gasteiger partial charge < -0.3 is 20.7 Å². The van der Waals surface area contributed by atoms with Crippen molar-refractivity contribution in [2.24, 2.45) is 7.05 Å². The maximum Gasteiger partial charge on any atom is 0.284 e. The molecule has 0 radical (unpaired) electrons. The maximum absolute atomic E-state index is 14.8. The van der Waals surface area contributed by atoms with E-state index in [9.17, 15) is 14.0 Å². The van der Waals surface area contributed by atoms with Gasteiger partial charge in [-0.1, -0.05) is 29.8 Å². The van der Waals surface area contributed by atoms with Gasteiger partial charge in [-0.15, -0.1) is 0 Å². The van der Waals surface area contributed by atoms with Gasteiger partial charge in [-0.05, 0) is 44.0 Å². The predicted octanol–water partition coefficient (Wildman–Crippen LogP) is 3.72. The van der Waals surface area contributed by atoms with Gasteiger partial charge in [0.15, 0.2) is 23.2 Å². The number of piperidine rings is 1. The number of nitrogens with zero attached hydrogens (tertiary/aromatic N) is 5. The fourth-order valence-electron chi connectivity index (χ4n) is 4.98. The highest BCUT2D eigenvalue weighted by Gasteiger charge is 2.28. The molecule has 10 nitrogen and oxygen atoms in total. The summed E-state index contributed by atoms with van der Waals surface area (Å²) in [6, 6.07) is 11.6. The van der Waals surface area contributed by atoms with Crippen molar-refractivity contribution in [3.05, 3.63) is 81.1 Å². The Hall–Kier alpha value is -4.38. The van der Waals surface area contributed by atoms with Crippen molar-refractivity contribution in [2.75, 3.05) is 30.8 Å². The van der Waals surface area contributed by atoms with Gasteiger partial charge in [-0.25, -0.2) is 19.0 Å². The molecule has 208 valence electrons. The van der Waals surface area contributed by atoms with E-state index in [1.165, 1.54) is 24.1 Å². The smallest absolute Gasteiger partial charge is 0.284 e. The molecule has 2 aromatic heterocycles. The molecule has 3 N–H and O–H groups in total. The predicted molar refractivity (Wildman–Crippen MR) is 152 cm³/mol. The molecule has 0 aliphatic carbocycles. The minimum absolute atomic E-state index is 0.0768. The lowest BCUT2D eigenvalue weighted by Gasteiger charge is -2.33. The molecular weight excluding hydrogens is 537 g/mol. The van der Waals surface area contributed by atoms with E-state index < -0.39 is 17.3 Å². The molecule has 1 aliphatic rings. The van der Waals surface area contributed by atoms with Crippen molar-refractivity contribution in [3.8, 4) is 22.7 Å². The molecule has 40 heavy (non-hydrogen) atoms. The van der Waals surface area contributed by atoms with Crippen LogP contribution in [0.25, 0.3) is 16.9 Å². The van der Waals surface area contributed by atoms with E-state index in [4.69, 9.17) is 22.1 Å². The average molecular weight is 566 g/mol. The van der Waals surface area contributed by atoms with Gasteiger partial charge >= 0.3 is 0 Å². The number of nitrogens with one attached hydrogen (secondary N) is 1. The number of para-hydroxylation sites is 1. The number of anilines is 2. The summed E-state index contributed by atoms with van der Waals surface area (Å²) in [7, 11) is 3.12. The van der Waals surface area contributed by atoms with Gasteiger partial charge in [0, 0.05) is 31.7 Å². The minimum Gasteiger partial charge on any atom is -0.494 e. The third-order valence-corrected chi connectivity index (χ3v) is 7.55. The highest BCUT2D eigenvalue weighted by atomic mass is 35.5. The van der Waals surface area contributed by atoms with Gasteiger partial charge in [0.2, 0.25) is 0 Å². The van der Waals surface area contributed by atoms with Crippen LogP contribution in [-0.2, 0) is 7.05 Å². The Balaban J connectivity index is 1.31. The van der Waals surface area contributed by atoms with Gasteiger partial charge in [-0.2, -0.15) is 0 Å². The summed E-state index contributed by atoms with van der Waals surface area (Å²) >= 11 is 6.32. The first-order chi connectivity index (χ1) is 19.2. The largest absolute Gasteiger partial charge is 0.494 e. The quantitative estimate of drug-likeness (QED) is 0.365. The number of nitrogens with two attached hydrogens (primary N) is 1. The first-order valence-electron chi connectivity index (χ1n) is 12.8. The van der Waals surface area contributed by atoms with Gasteiger partial charge in [0.1, 0.15) is 5.56 Å². The van der Waals surface area contributed by atoms with Crippen LogP contribution in [0.15, 0.2) is 53.5 Å². The maximum atomic E-state index is 14.8. The lowest BCUT2D eigenvalue weighted by molar-refractivity contribution is 0.0929. The van der Waals surface area contributed by atoms with Crippen molar-refractivity contribution < 1.29 is 13.9 Å². The standard InChI is InChI=1S/C28H29ClFN7O3/c1-16-23(28(39)37(35(16)2)21-9-5-4-8-19(21)29)27(38)33-17-11-13-36(14-12-17)26-25(31)32-15-20(34-26)18-7-6-10-22(40-3)24(18)30/h4-10,15,17H,11-14H2,1-3H3,(H2,31,32)(H,33,38). The Morgan fingerprint density at radius 2 is 1.90 bits per heavy atom. The molecule has 0 spiro atoms. The lowest BCUT2D eigenvalue weighted by atomic mass is 10.0. The molecular formula is C28H29ClFN7O3. The van der Waals surface area contributed by atoms with E-state index in [0.717, 1.165) is 0 Å². The van der Waals surface area contributed by atoms with Crippen LogP contribution in [0.3, 0.4) is 0 Å². The lowest BCUT2D eigenvalue weighted by Crippen LogP contribution is -2.46. The molecule has 2 aromatic carbocycles. The minimum atomic E-state index is -0.527. The second-order valence-corrected chi connectivity index (χ2v) is 9.98. The van der Waals surface area contributed by atoms with E-state index in [2.05, 4.69) is 15.3 Å². The Labute approximate surface area is 235 Å². The van der Waals surface area contributed by atoms with Crippen molar-refractivity contribution in [1.29, 1.82) is 0 Å². The van der Waals surface area contributed by atoms with Crippen LogP contribution in [0.4, 0.5) is 16.0 Å². The molecule has 1 amide bonds. The fraction of sp³-hybridized carbons (Fsp3) is 0.286. The molecule has 0 bridgehead atoms. The summed E-state index contributed by atoms with van der Waals surface area (Å²) in [5.74, 6) is -0.166. The van der Waals surface area contributed by atoms with Crippen LogP contribution in [0.2, 0.25) is 5.02 Å². The SMILES string of the molecule is COc1cccc(-c2cnc(N)c(N3CCC(NC(=O)c4c(C)n(C)n(-c5ccccc5Cl)c4=O)CC3)n2)c1F. The molecule has 0 unspecified atom stereocenters. The van der Waals surface area contributed by atoms with Crippen LogP contribution in [-0.4, -0.2) is 51.5 Å². The van der Waals surface area contributed by atoms with Crippen LogP contribution >= 0.6 is 11.6 Å². The topological polar surface area (TPSA) is 120 Å². The zero-order valence-corrected chi connectivity index (χ0v) is 23.1. The van der Waals surface area contributed by atoms with E-state index in [0.29, 0.717) is 53.8 Å². The van der Waals surface area contributed by atoms with E-state index in [1.54, 1.807) is 55.1 Å². The molecule has 3 heterocycles. The summed E-state index contributed by atoms with van der Waals surface area (Å²) in [6.45, 7) is 2.79. The molecule has 1 saturated heterocycles. The molecule has 0 saturated carbocycles. The second-order valence-electron chi connectivity index (χ2n) is 9.57. The van der Waals surface area contributed by atoms with Crippen molar-refractivity contribution in [2.45, 2.75) is 25.8 Å². The van der Waals surface area contributed by atoms with Crippen LogP contribution in [0.1, 0.15) is 28.9 Å². The zero-order chi connectivity index (χ0) is 28.6. The summed E-state index contributed by atoms with van der Waals surface area (Å²) in [5.41, 5.74) is 7.41. The fourth-order valence-corrected chi connectivity index (χ4v) is 5.19. The number of methoxy groups -OCH3 is 1. The molecule has 12 heteroatoms. The molecule has 1 fully saturated rings. The first kappa shape index (κ1) is 27.2. The number of amides is 1. The summed E-state index contributed by atoms with van der Waals surface area (Å²) in [6.07, 6.45) is 2.62. The number of rotatable bonds is 6. The van der Waals surface area contributed by atoms with Crippen LogP contribution in [0.5, 0.6) is 5.75 Å². The number of hydrogen-bond donors (Lipinski definition) is 2. The Kier molecular flexibility index (Phi) is 7.49. The number of carbonyl (C=O) groups excluding carboxylic acids is 1. The molecule has 1 aliphatic heterocycles.